The van der Waals surface area contributed by atoms with Crippen LogP contribution >= 0.6 is 7.82 Å². The Labute approximate surface area is 366 Å². The van der Waals surface area contributed by atoms with Crippen LogP contribution in [0.2, 0.25) is 0 Å². The number of carbonyl (C=O) groups excluding carboxylic acids is 1. The fourth-order valence-electron chi connectivity index (χ4n) is 7.07. The van der Waals surface area contributed by atoms with Crippen molar-refractivity contribution < 1.29 is 37.3 Å². The van der Waals surface area contributed by atoms with E-state index in [0.717, 1.165) is 32.1 Å². The molecular weight excluding hydrogens is 758 g/mol. The van der Waals surface area contributed by atoms with E-state index in [0.29, 0.717) is 24.1 Å². The zero-order chi connectivity index (χ0) is 43.4. The van der Waals surface area contributed by atoms with Gasteiger partial charge in [-0.3, -0.25) is 13.8 Å². The molecule has 350 valence electrons. The summed E-state index contributed by atoms with van der Waals surface area (Å²) in [5.74, 6) is -0.316. The second kappa shape index (κ2) is 43.6. The third-order valence-corrected chi connectivity index (χ3v) is 12.0. The molecule has 0 rings (SSSR count). The van der Waals surface area contributed by atoms with Crippen molar-refractivity contribution in [2.24, 2.45) is 0 Å². The number of quaternary nitrogens is 1. The van der Waals surface area contributed by atoms with Crippen LogP contribution in [0.25, 0.3) is 0 Å². The molecule has 9 heteroatoms. The molecule has 59 heavy (non-hydrogen) atoms. The van der Waals surface area contributed by atoms with Crippen LogP contribution in [-0.4, -0.2) is 75.6 Å². The van der Waals surface area contributed by atoms with Crippen molar-refractivity contribution in [3.8, 4) is 0 Å². The maximum absolute atomic E-state index is 12.7. The predicted molar refractivity (Wildman–Crippen MR) is 252 cm³/mol. The van der Waals surface area contributed by atoms with Gasteiger partial charge in [0, 0.05) is 13.0 Å². The molecule has 1 N–H and O–H groups in total. The van der Waals surface area contributed by atoms with Crippen molar-refractivity contribution in [2.45, 2.75) is 238 Å². The molecule has 0 amide bonds. The standard InChI is InChI=1S/C50H98NO7P/c1-6-8-10-12-14-16-18-20-22-24-26-28-30-32-34-36-38-40-42-45-55-47-49(48-57-59(53,54)56-46-44-51(3,4)5)58-50(52)43-41-39-37-35-33-31-29-27-25-23-21-19-17-15-13-11-9-7-2/h22-25,49H,6-21,26-48H2,1-5H3/p+1/b24-22-,25-23-. The van der Waals surface area contributed by atoms with Gasteiger partial charge in [0.15, 0.2) is 0 Å². The Morgan fingerprint density at radius 1 is 0.508 bits per heavy atom. The Bertz CT molecular complexity index is 998. The van der Waals surface area contributed by atoms with Crippen LogP contribution in [0.15, 0.2) is 24.3 Å². The summed E-state index contributed by atoms with van der Waals surface area (Å²) in [5.41, 5.74) is 0. The van der Waals surface area contributed by atoms with Crippen molar-refractivity contribution in [1.82, 2.24) is 0 Å². The molecule has 2 unspecified atom stereocenters. The first-order valence-electron chi connectivity index (χ1n) is 25.1. The van der Waals surface area contributed by atoms with Crippen LogP contribution < -0.4 is 0 Å². The Hall–Kier alpha value is -1.02. The van der Waals surface area contributed by atoms with Crippen LogP contribution in [0.5, 0.6) is 0 Å². The molecule has 0 spiro atoms. The normalized spacial score (nSPS) is 13.8. The molecule has 8 nitrogen and oxygen atoms in total. The fraction of sp³-hybridized carbons (Fsp3) is 0.900. The number of nitrogens with zero attached hydrogens (tertiary/aromatic N) is 1. The van der Waals surface area contributed by atoms with E-state index < -0.39 is 13.9 Å². The average Bonchev–Trinajstić information content (AvgIpc) is 3.19. The lowest BCUT2D eigenvalue weighted by atomic mass is 10.1. The zero-order valence-electron chi connectivity index (χ0n) is 39.8. The predicted octanol–water partition coefficient (Wildman–Crippen LogP) is 15.2. The van der Waals surface area contributed by atoms with Crippen LogP contribution in [0.1, 0.15) is 232 Å². The van der Waals surface area contributed by atoms with E-state index in [1.165, 1.54) is 180 Å². The second-order valence-electron chi connectivity index (χ2n) is 18.2. The van der Waals surface area contributed by atoms with Gasteiger partial charge in [-0.2, -0.15) is 0 Å². The minimum atomic E-state index is -4.28. The summed E-state index contributed by atoms with van der Waals surface area (Å²) in [6, 6.07) is 0. The van der Waals surface area contributed by atoms with E-state index in [1.807, 2.05) is 21.1 Å². The van der Waals surface area contributed by atoms with E-state index in [-0.39, 0.29) is 25.8 Å². The number of carbonyl (C=O) groups is 1. The lowest BCUT2D eigenvalue weighted by Gasteiger charge is -2.24. The Balaban J connectivity index is 4.16. The van der Waals surface area contributed by atoms with Crippen LogP contribution in [0.4, 0.5) is 0 Å². The molecule has 0 aliphatic carbocycles. The molecule has 0 bridgehead atoms. The largest absolute Gasteiger partial charge is 0.472 e. The molecule has 0 fully saturated rings. The molecule has 0 aliphatic heterocycles. The number of hydrogen-bond donors (Lipinski definition) is 1. The summed E-state index contributed by atoms with van der Waals surface area (Å²) < 4.78 is 35.1. The van der Waals surface area contributed by atoms with Gasteiger partial charge >= 0.3 is 13.8 Å². The van der Waals surface area contributed by atoms with Gasteiger partial charge in [0.25, 0.3) is 0 Å². The molecule has 0 aromatic heterocycles. The molecule has 2 atom stereocenters. The summed E-state index contributed by atoms with van der Waals surface area (Å²) in [4.78, 5) is 23.0. The lowest BCUT2D eigenvalue weighted by molar-refractivity contribution is -0.870. The van der Waals surface area contributed by atoms with Crippen LogP contribution in [0, 0.1) is 0 Å². The third kappa shape index (κ3) is 47.9. The average molecular weight is 857 g/mol. The number of esters is 1. The monoisotopic (exact) mass is 857 g/mol. The van der Waals surface area contributed by atoms with Crippen LogP contribution in [0.3, 0.4) is 0 Å². The van der Waals surface area contributed by atoms with Crippen molar-refractivity contribution in [3.05, 3.63) is 24.3 Å². The molecular formula is C50H99NO7P+. The van der Waals surface area contributed by atoms with E-state index in [1.54, 1.807) is 0 Å². The summed E-state index contributed by atoms with van der Waals surface area (Å²) in [6.45, 7) is 5.64. The Kier molecular flexibility index (Phi) is 42.9. The highest BCUT2D eigenvalue weighted by Crippen LogP contribution is 2.43. The first-order chi connectivity index (χ1) is 28.6. The molecule has 0 radical (unpaired) electrons. The van der Waals surface area contributed by atoms with E-state index in [2.05, 4.69) is 38.2 Å². The lowest BCUT2D eigenvalue weighted by Crippen LogP contribution is -2.37. The van der Waals surface area contributed by atoms with Gasteiger partial charge < -0.3 is 18.9 Å². The van der Waals surface area contributed by atoms with Gasteiger partial charge in [-0.1, -0.05) is 186 Å². The number of likely N-dealkylation sites (N-methyl/N-ethyl adjacent to an activating group) is 1. The zero-order valence-corrected chi connectivity index (χ0v) is 40.6. The fourth-order valence-corrected chi connectivity index (χ4v) is 7.81. The van der Waals surface area contributed by atoms with Crippen LogP contribution in [-0.2, 0) is 27.9 Å². The number of rotatable bonds is 47. The number of ether oxygens (including phenoxy) is 2. The molecule has 0 saturated heterocycles. The molecule has 0 heterocycles. The number of phosphoric ester groups is 1. The van der Waals surface area contributed by atoms with Gasteiger partial charge in [-0.05, 0) is 64.2 Å². The van der Waals surface area contributed by atoms with Gasteiger partial charge in [0.2, 0.25) is 0 Å². The third-order valence-electron chi connectivity index (χ3n) is 11.0. The minimum Gasteiger partial charge on any atom is -0.457 e. The Morgan fingerprint density at radius 3 is 1.29 bits per heavy atom. The summed E-state index contributed by atoms with van der Waals surface area (Å²) in [6.07, 6.45) is 50.7. The molecule has 0 aromatic carbocycles. The van der Waals surface area contributed by atoms with Gasteiger partial charge in [-0.25, -0.2) is 4.57 Å². The maximum Gasteiger partial charge on any atom is 0.472 e. The highest BCUT2D eigenvalue weighted by Gasteiger charge is 2.26. The number of hydrogen-bond acceptors (Lipinski definition) is 6. The van der Waals surface area contributed by atoms with E-state index >= 15 is 0 Å². The quantitative estimate of drug-likeness (QED) is 0.0214. The van der Waals surface area contributed by atoms with E-state index in [9.17, 15) is 14.3 Å². The summed E-state index contributed by atoms with van der Waals surface area (Å²) >= 11 is 0. The second-order valence-corrected chi connectivity index (χ2v) is 19.6. The topological polar surface area (TPSA) is 91.3 Å². The van der Waals surface area contributed by atoms with E-state index in [4.69, 9.17) is 18.5 Å². The van der Waals surface area contributed by atoms with Crippen molar-refractivity contribution >= 4 is 13.8 Å². The molecule has 0 aliphatic rings. The van der Waals surface area contributed by atoms with Gasteiger partial charge in [0.1, 0.15) is 19.3 Å². The number of phosphoric acid groups is 1. The first-order valence-corrected chi connectivity index (χ1v) is 26.6. The summed E-state index contributed by atoms with van der Waals surface area (Å²) in [5, 5.41) is 0. The summed E-state index contributed by atoms with van der Waals surface area (Å²) in [7, 11) is 1.67. The van der Waals surface area contributed by atoms with Crippen molar-refractivity contribution in [1.29, 1.82) is 0 Å². The van der Waals surface area contributed by atoms with Gasteiger partial charge in [0.05, 0.1) is 34.4 Å². The minimum absolute atomic E-state index is 0.0887. The van der Waals surface area contributed by atoms with Crippen molar-refractivity contribution in [3.63, 3.8) is 0 Å². The number of unbranched alkanes of at least 4 members (excludes halogenated alkanes) is 29. The SMILES string of the molecule is CCCCCCCCC/C=C\CCCCCCCCCCOCC(COP(=O)(O)OCC[N+](C)(C)C)OC(=O)CCCCCCCCC/C=C\CCCCCCCCC. The van der Waals surface area contributed by atoms with Crippen molar-refractivity contribution in [2.75, 3.05) is 54.1 Å². The molecule has 0 aromatic rings. The smallest absolute Gasteiger partial charge is 0.457 e. The molecule has 0 saturated carbocycles. The highest BCUT2D eigenvalue weighted by molar-refractivity contribution is 7.47. The maximum atomic E-state index is 12.7. The number of allylic oxidation sites excluding steroid dienone is 4. The first kappa shape index (κ1) is 58.0. The Morgan fingerprint density at radius 2 is 0.881 bits per heavy atom. The van der Waals surface area contributed by atoms with Gasteiger partial charge in [-0.15, -0.1) is 0 Å². The highest BCUT2D eigenvalue weighted by atomic mass is 31.2.